The Morgan fingerprint density at radius 2 is 1.96 bits per heavy atom. The number of rotatable bonds is 4. The third kappa shape index (κ3) is 4.71. The molecule has 4 heteroatoms. The minimum atomic E-state index is 0. The SMILES string of the molecule is Cc1ccccc1C1CCN(C(=O)CCC2CCNCC2)C1.Cl. The molecule has 0 aliphatic carbocycles. The summed E-state index contributed by atoms with van der Waals surface area (Å²) in [6, 6.07) is 8.61. The summed E-state index contributed by atoms with van der Waals surface area (Å²) < 4.78 is 0. The quantitative estimate of drug-likeness (QED) is 0.912. The van der Waals surface area contributed by atoms with Crippen molar-refractivity contribution in [3.05, 3.63) is 35.4 Å². The highest BCUT2D eigenvalue weighted by atomic mass is 35.5. The highest BCUT2D eigenvalue weighted by molar-refractivity contribution is 5.85. The molecule has 23 heavy (non-hydrogen) atoms. The molecular formula is C19H29ClN2O. The molecule has 2 aliphatic rings. The third-order valence-corrected chi connectivity index (χ3v) is 5.39. The van der Waals surface area contributed by atoms with Crippen molar-refractivity contribution in [2.24, 2.45) is 5.92 Å². The lowest BCUT2D eigenvalue weighted by Gasteiger charge is -2.23. The molecule has 2 heterocycles. The highest BCUT2D eigenvalue weighted by Gasteiger charge is 2.28. The zero-order chi connectivity index (χ0) is 15.4. The van der Waals surface area contributed by atoms with Crippen molar-refractivity contribution in [1.82, 2.24) is 10.2 Å². The van der Waals surface area contributed by atoms with Gasteiger partial charge in [0.15, 0.2) is 0 Å². The molecule has 3 nitrogen and oxygen atoms in total. The molecule has 2 aliphatic heterocycles. The number of carbonyl (C=O) groups excluding carboxylic acids is 1. The average Bonchev–Trinajstić information content (AvgIpc) is 3.04. The first-order chi connectivity index (χ1) is 10.7. The van der Waals surface area contributed by atoms with E-state index < -0.39 is 0 Å². The number of hydrogen-bond donors (Lipinski definition) is 1. The van der Waals surface area contributed by atoms with E-state index in [9.17, 15) is 4.79 Å². The predicted molar refractivity (Wildman–Crippen MR) is 97.2 cm³/mol. The molecule has 0 radical (unpaired) electrons. The van der Waals surface area contributed by atoms with Gasteiger partial charge in [0.2, 0.25) is 5.91 Å². The fourth-order valence-corrected chi connectivity index (χ4v) is 3.94. The number of nitrogens with zero attached hydrogens (tertiary/aromatic N) is 1. The lowest BCUT2D eigenvalue weighted by Crippen LogP contribution is -2.31. The number of amides is 1. The van der Waals surface area contributed by atoms with Crippen LogP contribution in [0.15, 0.2) is 24.3 Å². The number of halogens is 1. The molecule has 1 amide bonds. The number of nitrogens with one attached hydrogen (secondary N) is 1. The van der Waals surface area contributed by atoms with E-state index >= 15 is 0 Å². The second-order valence-corrected chi connectivity index (χ2v) is 6.91. The van der Waals surface area contributed by atoms with Gasteiger partial charge in [0.1, 0.15) is 0 Å². The van der Waals surface area contributed by atoms with E-state index in [0.717, 1.165) is 51.4 Å². The van der Waals surface area contributed by atoms with Crippen molar-refractivity contribution < 1.29 is 4.79 Å². The van der Waals surface area contributed by atoms with E-state index in [1.807, 2.05) is 0 Å². The first-order valence-corrected chi connectivity index (χ1v) is 8.78. The molecule has 0 saturated carbocycles. The van der Waals surface area contributed by atoms with E-state index in [1.165, 1.54) is 24.0 Å². The molecule has 0 spiro atoms. The second-order valence-electron chi connectivity index (χ2n) is 6.91. The van der Waals surface area contributed by atoms with Gasteiger partial charge >= 0.3 is 0 Å². The van der Waals surface area contributed by atoms with Crippen LogP contribution in [0.2, 0.25) is 0 Å². The number of aryl methyl sites for hydroxylation is 1. The average molecular weight is 337 g/mol. The normalized spacial score (nSPS) is 22.0. The molecule has 2 fully saturated rings. The van der Waals surface area contributed by atoms with Crippen LogP contribution in [0.5, 0.6) is 0 Å². The molecule has 1 aromatic carbocycles. The topological polar surface area (TPSA) is 32.3 Å². The molecule has 1 aromatic rings. The summed E-state index contributed by atoms with van der Waals surface area (Å²) in [7, 11) is 0. The van der Waals surface area contributed by atoms with Crippen molar-refractivity contribution in [3.63, 3.8) is 0 Å². The maximum atomic E-state index is 12.5. The van der Waals surface area contributed by atoms with Crippen LogP contribution in [0.1, 0.15) is 49.1 Å². The zero-order valence-electron chi connectivity index (χ0n) is 14.1. The Labute approximate surface area is 146 Å². The van der Waals surface area contributed by atoms with Gasteiger partial charge in [0.05, 0.1) is 0 Å². The lowest BCUT2D eigenvalue weighted by atomic mass is 9.93. The summed E-state index contributed by atoms with van der Waals surface area (Å²) in [5, 5.41) is 3.39. The van der Waals surface area contributed by atoms with Crippen LogP contribution in [-0.4, -0.2) is 37.0 Å². The van der Waals surface area contributed by atoms with Crippen molar-refractivity contribution >= 4 is 18.3 Å². The summed E-state index contributed by atoms with van der Waals surface area (Å²) in [6.07, 6.45) is 5.40. The monoisotopic (exact) mass is 336 g/mol. The molecule has 1 N–H and O–H groups in total. The summed E-state index contributed by atoms with van der Waals surface area (Å²) in [4.78, 5) is 14.6. The van der Waals surface area contributed by atoms with Crippen LogP contribution in [0.4, 0.5) is 0 Å². The molecule has 1 unspecified atom stereocenters. The first-order valence-electron chi connectivity index (χ1n) is 8.78. The number of likely N-dealkylation sites (tertiary alicyclic amines) is 1. The Morgan fingerprint density at radius 3 is 2.70 bits per heavy atom. The van der Waals surface area contributed by atoms with Crippen molar-refractivity contribution in [2.45, 2.75) is 44.9 Å². The maximum absolute atomic E-state index is 12.5. The molecule has 1 atom stereocenters. The summed E-state index contributed by atoms with van der Waals surface area (Å²) in [5.41, 5.74) is 2.78. The fraction of sp³-hybridized carbons (Fsp3) is 0.632. The van der Waals surface area contributed by atoms with Gasteiger partial charge in [-0.3, -0.25) is 4.79 Å². The second kappa shape index (κ2) is 8.70. The minimum Gasteiger partial charge on any atom is -0.342 e. The van der Waals surface area contributed by atoms with Crippen LogP contribution in [0.3, 0.4) is 0 Å². The minimum absolute atomic E-state index is 0. The Bertz CT molecular complexity index is 514. The van der Waals surface area contributed by atoms with Crippen molar-refractivity contribution in [3.8, 4) is 0 Å². The number of piperidine rings is 1. The van der Waals surface area contributed by atoms with Crippen LogP contribution in [0, 0.1) is 12.8 Å². The van der Waals surface area contributed by atoms with Crippen molar-refractivity contribution in [1.29, 1.82) is 0 Å². The Balaban J connectivity index is 0.00000192. The van der Waals surface area contributed by atoms with E-state index in [2.05, 4.69) is 41.4 Å². The largest absolute Gasteiger partial charge is 0.342 e. The molecule has 2 saturated heterocycles. The zero-order valence-corrected chi connectivity index (χ0v) is 14.9. The standard InChI is InChI=1S/C19H28N2O.ClH/c1-15-4-2-3-5-18(15)17-10-13-21(14-17)19(22)7-6-16-8-11-20-12-9-16;/h2-5,16-17,20H,6-14H2,1H3;1H. The van der Waals surface area contributed by atoms with Gasteiger partial charge < -0.3 is 10.2 Å². The maximum Gasteiger partial charge on any atom is 0.222 e. The van der Waals surface area contributed by atoms with Gasteiger partial charge in [-0.1, -0.05) is 24.3 Å². The van der Waals surface area contributed by atoms with Gasteiger partial charge in [-0.2, -0.15) is 0 Å². The van der Waals surface area contributed by atoms with Gasteiger partial charge in [-0.05, 0) is 62.7 Å². The fourth-order valence-electron chi connectivity index (χ4n) is 3.94. The van der Waals surface area contributed by atoms with Crippen LogP contribution in [-0.2, 0) is 4.79 Å². The van der Waals surface area contributed by atoms with Gasteiger partial charge in [0, 0.05) is 25.4 Å². The highest BCUT2D eigenvalue weighted by Crippen LogP contribution is 2.30. The predicted octanol–water partition coefficient (Wildman–Crippen LogP) is 3.51. The summed E-state index contributed by atoms with van der Waals surface area (Å²) in [5.74, 6) is 1.65. The Hall–Kier alpha value is -1.06. The van der Waals surface area contributed by atoms with Crippen LogP contribution in [0.25, 0.3) is 0 Å². The Morgan fingerprint density at radius 1 is 1.22 bits per heavy atom. The summed E-state index contributed by atoms with van der Waals surface area (Å²) in [6.45, 7) is 6.27. The first kappa shape index (κ1) is 18.3. The molecule has 0 bridgehead atoms. The number of hydrogen-bond acceptors (Lipinski definition) is 2. The molecular weight excluding hydrogens is 308 g/mol. The third-order valence-electron chi connectivity index (χ3n) is 5.39. The van der Waals surface area contributed by atoms with E-state index in [1.54, 1.807) is 0 Å². The molecule has 3 rings (SSSR count). The van der Waals surface area contributed by atoms with E-state index in [-0.39, 0.29) is 12.4 Å². The Kier molecular flexibility index (Phi) is 6.91. The smallest absolute Gasteiger partial charge is 0.222 e. The van der Waals surface area contributed by atoms with Crippen LogP contribution < -0.4 is 5.32 Å². The van der Waals surface area contributed by atoms with Gasteiger partial charge in [-0.15, -0.1) is 12.4 Å². The van der Waals surface area contributed by atoms with Gasteiger partial charge in [-0.25, -0.2) is 0 Å². The van der Waals surface area contributed by atoms with Crippen molar-refractivity contribution in [2.75, 3.05) is 26.2 Å². The molecule has 0 aromatic heterocycles. The van der Waals surface area contributed by atoms with E-state index in [4.69, 9.17) is 0 Å². The molecule has 128 valence electrons. The van der Waals surface area contributed by atoms with E-state index in [0.29, 0.717) is 11.8 Å². The van der Waals surface area contributed by atoms with Crippen LogP contribution >= 0.6 is 12.4 Å². The van der Waals surface area contributed by atoms with Gasteiger partial charge in [0.25, 0.3) is 0 Å². The number of benzene rings is 1. The number of carbonyl (C=O) groups is 1. The lowest BCUT2D eigenvalue weighted by molar-refractivity contribution is -0.130. The summed E-state index contributed by atoms with van der Waals surface area (Å²) >= 11 is 0.